The van der Waals surface area contributed by atoms with Crippen LogP contribution in [0.3, 0.4) is 0 Å². The summed E-state index contributed by atoms with van der Waals surface area (Å²) in [5.74, 6) is -3.17. The molecule has 3 fully saturated rings. The zero-order valence-corrected chi connectivity index (χ0v) is 24.1. The number of hydrogen-bond donors (Lipinski definition) is 1. The molecule has 39 heavy (non-hydrogen) atoms. The van der Waals surface area contributed by atoms with Crippen molar-refractivity contribution in [3.63, 3.8) is 0 Å². The summed E-state index contributed by atoms with van der Waals surface area (Å²) in [4.78, 5) is 13.6. The summed E-state index contributed by atoms with van der Waals surface area (Å²) in [6, 6.07) is 5.83. The quantitative estimate of drug-likeness (QED) is 0.466. The Bertz CT molecular complexity index is 1340. The molecule has 2 aromatic rings. The monoisotopic (exact) mass is 563 g/mol. The Kier molecular flexibility index (Phi) is 7.37. The second kappa shape index (κ2) is 10.2. The van der Waals surface area contributed by atoms with Gasteiger partial charge in [0, 0.05) is 36.7 Å². The summed E-state index contributed by atoms with van der Waals surface area (Å²) >= 11 is 0. The summed E-state index contributed by atoms with van der Waals surface area (Å²) in [7, 11) is -4.85. The third-order valence-corrected chi connectivity index (χ3v) is 9.81. The van der Waals surface area contributed by atoms with Crippen LogP contribution >= 0.6 is 0 Å². The van der Waals surface area contributed by atoms with Crippen LogP contribution in [0.1, 0.15) is 93.5 Å². The molecule has 1 aliphatic heterocycles. The summed E-state index contributed by atoms with van der Waals surface area (Å²) in [5, 5.41) is 12.0. The molecule has 2 heterocycles. The van der Waals surface area contributed by atoms with Gasteiger partial charge in [-0.25, -0.2) is 8.42 Å². The first kappa shape index (κ1) is 28.1. The van der Waals surface area contributed by atoms with Crippen molar-refractivity contribution in [2.75, 3.05) is 18.4 Å². The number of carbonyl (C=O) groups excluding carboxylic acids is 1. The fraction of sp³-hybridized carbons (Fsp3) is 0.679. The van der Waals surface area contributed by atoms with Crippen LogP contribution in [0, 0.1) is 31.1 Å². The van der Waals surface area contributed by atoms with Crippen LogP contribution in [0.5, 0.6) is 0 Å². The first-order valence-electron chi connectivity index (χ1n) is 13.8. The minimum atomic E-state index is -4.85. The van der Waals surface area contributed by atoms with Crippen LogP contribution < -0.4 is 5.32 Å². The Labute approximate surface area is 229 Å². The van der Waals surface area contributed by atoms with E-state index in [0.717, 1.165) is 53.4 Å². The number of sulfonamides is 1. The lowest BCUT2D eigenvalue weighted by Gasteiger charge is -2.38. The Morgan fingerprint density at radius 1 is 1.10 bits per heavy atom. The van der Waals surface area contributed by atoms with Crippen molar-refractivity contribution in [1.29, 1.82) is 0 Å². The molecule has 1 saturated heterocycles. The second-order valence-electron chi connectivity index (χ2n) is 13.0. The fourth-order valence-electron chi connectivity index (χ4n) is 6.33. The molecule has 214 valence electrons. The van der Waals surface area contributed by atoms with Crippen LogP contribution in [0.15, 0.2) is 18.2 Å². The second-order valence-corrected chi connectivity index (χ2v) is 14.9. The standard InChI is InChI=1S/C28H39F2N5O3S/c1-16-6-9-23(17(2)10-16)31-26(36)22-15-34(39(37,38)27(29)30)14-21(22)25-33-32-24(35(25)20-7-8-20)19-11-18(12-19)13-28(3,4)5/h6,9-10,18-22,27H,7-8,11-15H2,1-5H3,(H,31,36)/t18-,19+,21-,22-/m0/s1. The number of halogens is 2. The van der Waals surface area contributed by atoms with Gasteiger partial charge < -0.3 is 9.88 Å². The molecule has 0 spiro atoms. The largest absolute Gasteiger partial charge is 0.350 e. The van der Waals surface area contributed by atoms with Gasteiger partial charge in [0.2, 0.25) is 5.91 Å². The molecule has 2 atom stereocenters. The van der Waals surface area contributed by atoms with Crippen molar-refractivity contribution in [3.8, 4) is 0 Å². The molecule has 1 amide bonds. The third kappa shape index (κ3) is 5.75. The fourth-order valence-corrected chi connectivity index (χ4v) is 7.29. The minimum absolute atomic E-state index is 0.204. The van der Waals surface area contributed by atoms with Gasteiger partial charge in [0.25, 0.3) is 10.0 Å². The molecule has 8 nitrogen and oxygen atoms in total. The molecular weight excluding hydrogens is 524 g/mol. The average Bonchev–Trinajstić information content (AvgIpc) is 3.39. The van der Waals surface area contributed by atoms with Gasteiger partial charge in [-0.2, -0.15) is 13.1 Å². The molecule has 1 aromatic carbocycles. The molecule has 0 bridgehead atoms. The van der Waals surface area contributed by atoms with Crippen molar-refractivity contribution in [2.24, 2.45) is 17.3 Å². The van der Waals surface area contributed by atoms with E-state index in [4.69, 9.17) is 0 Å². The first-order valence-corrected chi connectivity index (χ1v) is 15.3. The zero-order chi connectivity index (χ0) is 28.3. The number of nitrogens with one attached hydrogen (secondary N) is 1. The van der Waals surface area contributed by atoms with E-state index in [9.17, 15) is 22.0 Å². The maximum absolute atomic E-state index is 13.6. The number of aryl methyl sites for hydroxylation is 2. The molecule has 2 saturated carbocycles. The Morgan fingerprint density at radius 3 is 2.36 bits per heavy atom. The average molecular weight is 564 g/mol. The SMILES string of the molecule is Cc1ccc(NC(=O)[C@H]2CN(S(=O)(=O)C(F)F)C[C@@H]2c2nnc([C@H]3C[C@@H](CC(C)(C)C)C3)n2C2CC2)c(C)c1. The Balaban J connectivity index is 1.44. The van der Waals surface area contributed by atoms with E-state index < -0.39 is 33.5 Å². The van der Waals surface area contributed by atoms with Crippen LogP contribution in [-0.4, -0.2) is 52.2 Å². The third-order valence-electron chi connectivity index (χ3n) is 8.34. The molecule has 5 rings (SSSR count). The van der Waals surface area contributed by atoms with E-state index in [1.165, 1.54) is 0 Å². The van der Waals surface area contributed by atoms with Crippen LogP contribution in [0.4, 0.5) is 14.5 Å². The topological polar surface area (TPSA) is 97.2 Å². The number of nitrogens with zero attached hydrogens (tertiary/aromatic N) is 4. The number of carbonyl (C=O) groups is 1. The van der Waals surface area contributed by atoms with E-state index in [1.807, 2.05) is 26.0 Å². The predicted molar refractivity (Wildman–Crippen MR) is 145 cm³/mol. The van der Waals surface area contributed by atoms with Crippen molar-refractivity contribution in [2.45, 2.75) is 90.4 Å². The first-order chi connectivity index (χ1) is 18.2. The number of rotatable bonds is 8. The van der Waals surface area contributed by atoms with Gasteiger partial charge in [0.15, 0.2) is 0 Å². The summed E-state index contributed by atoms with van der Waals surface area (Å²) in [5.41, 5.74) is 2.78. The maximum atomic E-state index is 13.6. The number of alkyl halides is 2. The molecule has 11 heteroatoms. The van der Waals surface area contributed by atoms with Gasteiger partial charge in [-0.3, -0.25) is 4.79 Å². The summed E-state index contributed by atoms with van der Waals surface area (Å²) < 4.78 is 54.9. The Morgan fingerprint density at radius 2 is 1.77 bits per heavy atom. The molecular formula is C28H39F2N5O3S. The van der Waals surface area contributed by atoms with Crippen molar-refractivity contribution in [3.05, 3.63) is 41.0 Å². The molecule has 2 aliphatic carbocycles. The minimum Gasteiger partial charge on any atom is -0.326 e. The van der Waals surface area contributed by atoms with Crippen LogP contribution in [0.2, 0.25) is 0 Å². The zero-order valence-electron chi connectivity index (χ0n) is 23.3. The van der Waals surface area contributed by atoms with Gasteiger partial charge in [0.05, 0.1) is 5.92 Å². The van der Waals surface area contributed by atoms with E-state index in [2.05, 4.69) is 40.9 Å². The number of benzene rings is 1. The normalized spacial score (nSPS) is 26.2. The highest BCUT2D eigenvalue weighted by molar-refractivity contribution is 7.89. The van der Waals surface area contributed by atoms with Gasteiger partial charge >= 0.3 is 5.76 Å². The number of hydrogen-bond acceptors (Lipinski definition) is 5. The van der Waals surface area contributed by atoms with E-state index in [-0.39, 0.29) is 30.5 Å². The van der Waals surface area contributed by atoms with E-state index >= 15 is 0 Å². The van der Waals surface area contributed by atoms with Crippen molar-refractivity contribution >= 4 is 21.6 Å². The highest BCUT2D eigenvalue weighted by atomic mass is 32.2. The predicted octanol–water partition coefficient (Wildman–Crippen LogP) is 5.37. The number of aromatic nitrogens is 3. The lowest BCUT2D eigenvalue weighted by atomic mass is 9.68. The van der Waals surface area contributed by atoms with E-state index in [0.29, 0.717) is 17.4 Å². The highest BCUT2D eigenvalue weighted by Crippen LogP contribution is 2.50. The van der Waals surface area contributed by atoms with Gasteiger partial charge in [0.1, 0.15) is 11.6 Å². The van der Waals surface area contributed by atoms with E-state index in [1.54, 1.807) is 6.07 Å². The lowest BCUT2D eigenvalue weighted by Crippen LogP contribution is -2.35. The number of anilines is 1. The molecule has 3 aliphatic rings. The van der Waals surface area contributed by atoms with Crippen molar-refractivity contribution < 1.29 is 22.0 Å². The van der Waals surface area contributed by atoms with Gasteiger partial charge in [-0.1, -0.05) is 38.5 Å². The van der Waals surface area contributed by atoms with Crippen LogP contribution in [-0.2, 0) is 14.8 Å². The molecule has 0 unspecified atom stereocenters. The summed E-state index contributed by atoms with van der Waals surface area (Å²) in [6.45, 7) is 10.0. The molecule has 1 aromatic heterocycles. The van der Waals surface area contributed by atoms with Gasteiger partial charge in [-0.05, 0) is 68.9 Å². The summed E-state index contributed by atoms with van der Waals surface area (Å²) in [6.07, 6.45) is 5.10. The highest BCUT2D eigenvalue weighted by Gasteiger charge is 2.49. The lowest BCUT2D eigenvalue weighted by molar-refractivity contribution is -0.119. The Hall–Kier alpha value is -2.40. The van der Waals surface area contributed by atoms with Crippen LogP contribution in [0.25, 0.3) is 0 Å². The van der Waals surface area contributed by atoms with Crippen molar-refractivity contribution in [1.82, 2.24) is 19.1 Å². The smallest absolute Gasteiger partial charge is 0.326 e. The molecule has 0 radical (unpaired) electrons. The maximum Gasteiger partial charge on any atom is 0.350 e. The van der Waals surface area contributed by atoms with Gasteiger partial charge in [-0.15, -0.1) is 10.2 Å². The number of amides is 1. The molecule has 1 N–H and O–H groups in total.